The number of pyridine rings is 1. The molecular weight excluding hydrogens is 272 g/mol. The number of carboxylic acids is 1. The summed E-state index contributed by atoms with van der Waals surface area (Å²) in [6.07, 6.45) is 7.99. The fraction of sp³-hybridized carbons (Fsp3) is 0.400. The number of hydrogen-bond acceptors (Lipinski definition) is 4. The minimum atomic E-state index is -1.22. The van der Waals surface area contributed by atoms with Crippen LogP contribution in [0.2, 0.25) is 0 Å². The molecule has 0 aliphatic heterocycles. The number of terminal acetylenes is 1. The van der Waals surface area contributed by atoms with Crippen molar-refractivity contribution >= 4 is 11.9 Å². The molecule has 1 amide bonds. The van der Waals surface area contributed by atoms with E-state index in [4.69, 9.17) is 16.3 Å². The minimum absolute atomic E-state index is 0.0412. The number of ether oxygens (including phenoxy) is 1. The number of carboxylic acid groups (broad SMARTS) is 1. The zero-order chi connectivity index (χ0) is 15.9. The summed E-state index contributed by atoms with van der Waals surface area (Å²) >= 11 is 0. The van der Waals surface area contributed by atoms with Crippen molar-refractivity contribution in [3.05, 3.63) is 24.0 Å². The molecule has 0 aliphatic carbocycles. The molecule has 0 aliphatic rings. The monoisotopic (exact) mass is 290 g/mol. The van der Waals surface area contributed by atoms with Gasteiger partial charge in [0.1, 0.15) is 5.54 Å². The van der Waals surface area contributed by atoms with E-state index >= 15 is 0 Å². The summed E-state index contributed by atoms with van der Waals surface area (Å²) in [5, 5.41) is 11.7. The molecule has 1 aromatic rings. The van der Waals surface area contributed by atoms with Crippen molar-refractivity contribution < 1.29 is 19.4 Å². The number of aromatic nitrogens is 1. The molecule has 2 N–H and O–H groups in total. The SMILES string of the molecule is C#CC(CC)(CC)NC(=O)COc1cccnc1C(=O)O. The maximum Gasteiger partial charge on any atom is 0.358 e. The summed E-state index contributed by atoms with van der Waals surface area (Å²) in [5.74, 6) is 0.999. The molecule has 0 fully saturated rings. The lowest BCUT2D eigenvalue weighted by Gasteiger charge is -2.26. The van der Waals surface area contributed by atoms with Crippen LogP contribution in [0.25, 0.3) is 0 Å². The van der Waals surface area contributed by atoms with E-state index < -0.39 is 17.4 Å². The first-order valence-corrected chi connectivity index (χ1v) is 6.58. The van der Waals surface area contributed by atoms with Crippen LogP contribution in [0.15, 0.2) is 18.3 Å². The molecule has 0 aromatic carbocycles. The Balaban J connectivity index is 2.70. The molecule has 1 heterocycles. The van der Waals surface area contributed by atoms with Crippen molar-refractivity contribution in [1.82, 2.24) is 10.3 Å². The van der Waals surface area contributed by atoms with Crippen LogP contribution in [0.5, 0.6) is 5.75 Å². The van der Waals surface area contributed by atoms with Crippen LogP contribution >= 0.6 is 0 Å². The van der Waals surface area contributed by atoms with E-state index in [0.717, 1.165) is 0 Å². The number of nitrogens with one attached hydrogen (secondary N) is 1. The van der Waals surface area contributed by atoms with Gasteiger partial charge in [0, 0.05) is 6.20 Å². The third-order valence-corrected chi connectivity index (χ3v) is 3.19. The van der Waals surface area contributed by atoms with Crippen LogP contribution in [0.1, 0.15) is 37.2 Å². The van der Waals surface area contributed by atoms with Gasteiger partial charge in [-0.1, -0.05) is 19.8 Å². The Hall–Kier alpha value is -2.55. The van der Waals surface area contributed by atoms with E-state index in [1.807, 2.05) is 13.8 Å². The largest absolute Gasteiger partial charge is 0.481 e. The van der Waals surface area contributed by atoms with Gasteiger partial charge < -0.3 is 15.2 Å². The van der Waals surface area contributed by atoms with E-state index in [1.165, 1.54) is 18.3 Å². The first-order valence-electron chi connectivity index (χ1n) is 6.58. The molecular formula is C15H18N2O4. The molecule has 6 nitrogen and oxygen atoms in total. The average molecular weight is 290 g/mol. The van der Waals surface area contributed by atoms with Crippen molar-refractivity contribution in [3.8, 4) is 18.1 Å². The molecule has 1 rings (SSSR count). The Labute approximate surface area is 123 Å². The highest BCUT2D eigenvalue weighted by atomic mass is 16.5. The van der Waals surface area contributed by atoms with Crippen molar-refractivity contribution in [2.24, 2.45) is 0 Å². The van der Waals surface area contributed by atoms with Crippen molar-refractivity contribution in [3.63, 3.8) is 0 Å². The molecule has 1 aromatic heterocycles. The highest BCUT2D eigenvalue weighted by Crippen LogP contribution is 2.16. The van der Waals surface area contributed by atoms with Crippen LogP contribution in [-0.2, 0) is 4.79 Å². The van der Waals surface area contributed by atoms with E-state index in [-0.39, 0.29) is 18.1 Å². The van der Waals surface area contributed by atoms with E-state index in [2.05, 4.69) is 16.2 Å². The third kappa shape index (κ3) is 4.21. The second kappa shape index (κ2) is 7.29. The van der Waals surface area contributed by atoms with E-state index in [9.17, 15) is 9.59 Å². The predicted octanol–water partition coefficient (Wildman–Crippen LogP) is 1.47. The Morgan fingerprint density at radius 1 is 1.48 bits per heavy atom. The topological polar surface area (TPSA) is 88.5 Å². The zero-order valence-corrected chi connectivity index (χ0v) is 12.0. The van der Waals surface area contributed by atoms with E-state index in [1.54, 1.807) is 0 Å². The van der Waals surface area contributed by atoms with Gasteiger partial charge in [-0.3, -0.25) is 4.79 Å². The first-order chi connectivity index (χ1) is 9.98. The molecule has 0 saturated heterocycles. The van der Waals surface area contributed by atoms with Crippen LogP contribution in [0.3, 0.4) is 0 Å². The van der Waals surface area contributed by atoms with Crippen LogP contribution < -0.4 is 10.1 Å². The summed E-state index contributed by atoms with van der Waals surface area (Å²) in [4.78, 5) is 26.5. The highest BCUT2D eigenvalue weighted by molar-refractivity contribution is 5.88. The van der Waals surface area contributed by atoms with Gasteiger partial charge >= 0.3 is 5.97 Å². The van der Waals surface area contributed by atoms with Gasteiger partial charge in [0.25, 0.3) is 5.91 Å². The Kier molecular flexibility index (Phi) is 5.73. The van der Waals surface area contributed by atoms with Crippen molar-refractivity contribution in [2.45, 2.75) is 32.2 Å². The number of carbonyl (C=O) groups is 2. The summed E-state index contributed by atoms with van der Waals surface area (Å²) in [6.45, 7) is 3.44. The minimum Gasteiger partial charge on any atom is -0.481 e. The van der Waals surface area contributed by atoms with Crippen molar-refractivity contribution in [1.29, 1.82) is 0 Å². The van der Waals surface area contributed by atoms with Gasteiger partial charge in [0.2, 0.25) is 0 Å². The quantitative estimate of drug-likeness (QED) is 0.742. The fourth-order valence-electron chi connectivity index (χ4n) is 1.78. The number of hydrogen-bond donors (Lipinski definition) is 2. The second-order valence-electron chi connectivity index (χ2n) is 4.43. The normalized spacial score (nSPS) is 10.5. The molecule has 0 atom stereocenters. The van der Waals surface area contributed by atoms with Gasteiger partial charge in [-0.05, 0) is 25.0 Å². The highest BCUT2D eigenvalue weighted by Gasteiger charge is 2.25. The van der Waals surface area contributed by atoms with Gasteiger partial charge in [0.05, 0.1) is 0 Å². The van der Waals surface area contributed by atoms with Crippen LogP contribution in [-0.4, -0.2) is 34.1 Å². The maximum absolute atomic E-state index is 11.9. The molecule has 0 saturated carbocycles. The molecule has 0 spiro atoms. The Morgan fingerprint density at radius 3 is 2.67 bits per heavy atom. The number of rotatable bonds is 7. The van der Waals surface area contributed by atoms with Crippen LogP contribution in [0.4, 0.5) is 0 Å². The number of amides is 1. The lowest BCUT2D eigenvalue weighted by Crippen LogP contribution is -2.48. The van der Waals surface area contributed by atoms with E-state index in [0.29, 0.717) is 12.8 Å². The zero-order valence-electron chi connectivity index (χ0n) is 12.0. The van der Waals surface area contributed by atoms with Gasteiger partial charge in [0.15, 0.2) is 18.1 Å². The van der Waals surface area contributed by atoms with Gasteiger partial charge in [-0.25, -0.2) is 9.78 Å². The Bertz CT molecular complexity index is 559. The maximum atomic E-state index is 11.9. The first kappa shape index (κ1) is 16.5. The number of aromatic carboxylic acids is 1. The van der Waals surface area contributed by atoms with Crippen molar-refractivity contribution in [2.75, 3.05) is 6.61 Å². The lowest BCUT2D eigenvalue weighted by atomic mass is 9.94. The predicted molar refractivity (Wildman–Crippen MR) is 77.0 cm³/mol. The second-order valence-corrected chi connectivity index (χ2v) is 4.43. The summed E-state index contributed by atoms with van der Waals surface area (Å²) in [6, 6.07) is 2.97. The summed E-state index contributed by atoms with van der Waals surface area (Å²) in [5.41, 5.74) is -0.940. The summed E-state index contributed by atoms with van der Waals surface area (Å²) in [7, 11) is 0. The average Bonchev–Trinajstić information content (AvgIpc) is 2.51. The number of carbonyl (C=O) groups excluding carboxylic acids is 1. The van der Waals surface area contributed by atoms with Crippen LogP contribution in [0, 0.1) is 12.3 Å². The molecule has 0 bridgehead atoms. The smallest absolute Gasteiger partial charge is 0.358 e. The van der Waals surface area contributed by atoms with Gasteiger partial charge in [-0.2, -0.15) is 0 Å². The third-order valence-electron chi connectivity index (χ3n) is 3.19. The Morgan fingerprint density at radius 2 is 2.14 bits per heavy atom. The summed E-state index contributed by atoms with van der Waals surface area (Å²) < 4.78 is 5.22. The molecule has 112 valence electrons. The molecule has 0 radical (unpaired) electrons. The lowest BCUT2D eigenvalue weighted by molar-refractivity contribution is -0.124. The molecule has 21 heavy (non-hydrogen) atoms. The standard InChI is InChI=1S/C15H18N2O4/c1-4-15(5-2,6-3)17-12(18)10-21-11-8-7-9-16-13(11)14(19)20/h1,7-9H,5-6,10H2,2-3H3,(H,17,18)(H,19,20). The number of nitrogens with zero attached hydrogens (tertiary/aromatic N) is 1. The fourth-order valence-corrected chi connectivity index (χ4v) is 1.78. The molecule has 6 heteroatoms. The molecule has 0 unspecified atom stereocenters. The van der Waals surface area contributed by atoms with Gasteiger partial charge in [-0.15, -0.1) is 6.42 Å².